The van der Waals surface area contributed by atoms with Crippen LogP contribution in [0.5, 0.6) is 5.75 Å². The van der Waals surface area contributed by atoms with E-state index in [-0.39, 0.29) is 23.3 Å². The summed E-state index contributed by atoms with van der Waals surface area (Å²) in [5.41, 5.74) is 0.238. The van der Waals surface area contributed by atoms with Gasteiger partial charge < -0.3 is 14.5 Å². The summed E-state index contributed by atoms with van der Waals surface area (Å²) in [4.78, 5) is 28.7. The van der Waals surface area contributed by atoms with Crippen LogP contribution in [0.3, 0.4) is 0 Å². The molecule has 1 aromatic carbocycles. The van der Waals surface area contributed by atoms with E-state index in [0.717, 1.165) is 25.9 Å². The molecule has 1 aromatic rings. The number of rotatable bonds is 3. The van der Waals surface area contributed by atoms with Gasteiger partial charge in [0.15, 0.2) is 0 Å². The van der Waals surface area contributed by atoms with E-state index in [1.54, 1.807) is 4.90 Å². The number of hydrogen-bond donors (Lipinski definition) is 0. The Balaban J connectivity index is 1.63. The van der Waals surface area contributed by atoms with E-state index >= 15 is 0 Å². The molecule has 6 heteroatoms. The largest absolute Gasteiger partial charge is 0.496 e. The van der Waals surface area contributed by atoms with Gasteiger partial charge in [0.05, 0.1) is 12.7 Å². The first-order valence-corrected chi connectivity index (χ1v) is 8.51. The van der Waals surface area contributed by atoms with Crippen LogP contribution < -0.4 is 4.74 Å². The molecule has 0 aliphatic carbocycles. The van der Waals surface area contributed by atoms with Gasteiger partial charge in [-0.25, -0.2) is 4.39 Å². The molecular weight excluding hydrogens is 311 g/mol. The highest BCUT2D eigenvalue weighted by molar-refractivity contribution is 5.97. The Morgan fingerprint density at radius 1 is 1.08 bits per heavy atom. The molecule has 2 fully saturated rings. The second-order valence-corrected chi connectivity index (χ2v) is 6.44. The van der Waals surface area contributed by atoms with Crippen LogP contribution in [0.4, 0.5) is 4.39 Å². The van der Waals surface area contributed by atoms with E-state index in [0.29, 0.717) is 31.7 Å². The number of halogens is 1. The van der Waals surface area contributed by atoms with Crippen molar-refractivity contribution in [2.45, 2.75) is 25.7 Å². The molecule has 24 heavy (non-hydrogen) atoms. The minimum Gasteiger partial charge on any atom is -0.496 e. The molecule has 0 atom stereocenters. The van der Waals surface area contributed by atoms with Crippen molar-refractivity contribution in [3.8, 4) is 5.75 Å². The van der Waals surface area contributed by atoms with Crippen molar-refractivity contribution in [2.24, 2.45) is 5.92 Å². The number of nitrogens with zero attached hydrogens (tertiary/aromatic N) is 2. The number of methoxy groups -OCH3 is 1. The van der Waals surface area contributed by atoms with Gasteiger partial charge in [-0.1, -0.05) is 0 Å². The molecule has 130 valence electrons. The van der Waals surface area contributed by atoms with Crippen molar-refractivity contribution >= 4 is 11.8 Å². The van der Waals surface area contributed by atoms with Gasteiger partial charge in [0.25, 0.3) is 5.91 Å². The maximum Gasteiger partial charge on any atom is 0.257 e. The van der Waals surface area contributed by atoms with Gasteiger partial charge in [-0.2, -0.15) is 0 Å². The van der Waals surface area contributed by atoms with Gasteiger partial charge in [0.1, 0.15) is 11.6 Å². The highest BCUT2D eigenvalue weighted by atomic mass is 19.1. The molecule has 0 radical (unpaired) electrons. The molecular formula is C18H23FN2O3. The van der Waals surface area contributed by atoms with Gasteiger partial charge in [-0.05, 0) is 43.9 Å². The molecule has 0 bridgehead atoms. The van der Waals surface area contributed by atoms with Crippen molar-refractivity contribution in [3.05, 3.63) is 29.6 Å². The van der Waals surface area contributed by atoms with Gasteiger partial charge in [0.2, 0.25) is 5.91 Å². The van der Waals surface area contributed by atoms with Gasteiger partial charge in [-0.15, -0.1) is 0 Å². The lowest BCUT2D eigenvalue weighted by Crippen LogP contribution is -2.43. The van der Waals surface area contributed by atoms with Crippen molar-refractivity contribution in [2.75, 3.05) is 33.3 Å². The molecule has 2 amide bonds. The van der Waals surface area contributed by atoms with E-state index < -0.39 is 5.82 Å². The number of hydrogen-bond acceptors (Lipinski definition) is 3. The van der Waals surface area contributed by atoms with E-state index in [4.69, 9.17) is 4.74 Å². The van der Waals surface area contributed by atoms with Crippen LogP contribution in [-0.4, -0.2) is 54.9 Å². The van der Waals surface area contributed by atoms with Crippen LogP contribution in [0.2, 0.25) is 0 Å². The third-order valence-electron chi connectivity index (χ3n) is 4.94. The number of likely N-dealkylation sites (tertiary alicyclic amines) is 2. The van der Waals surface area contributed by atoms with Gasteiger partial charge in [0, 0.05) is 32.1 Å². The molecule has 3 rings (SSSR count). The monoisotopic (exact) mass is 334 g/mol. The molecule has 0 saturated carbocycles. The van der Waals surface area contributed by atoms with Crippen molar-refractivity contribution in [1.29, 1.82) is 0 Å². The molecule has 0 aromatic heterocycles. The Labute approximate surface area is 141 Å². The lowest BCUT2D eigenvalue weighted by molar-refractivity contribution is -0.135. The minimum atomic E-state index is -0.460. The Kier molecular flexibility index (Phi) is 5.02. The molecule has 2 aliphatic rings. The molecule has 0 N–H and O–H groups in total. The maximum atomic E-state index is 13.5. The summed E-state index contributed by atoms with van der Waals surface area (Å²) in [7, 11) is 1.46. The predicted molar refractivity (Wildman–Crippen MR) is 87.4 cm³/mol. The highest BCUT2D eigenvalue weighted by Crippen LogP contribution is 2.26. The smallest absolute Gasteiger partial charge is 0.257 e. The fourth-order valence-electron chi connectivity index (χ4n) is 3.54. The summed E-state index contributed by atoms with van der Waals surface area (Å²) in [6.07, 6.45) is 3.50. The van der Waals surface area contributed by atoms with Crippen LogP contribution >= 0.6 is 0 Å². The van der Waals surface area contributed by atoms with E-state index in [2.05, 4.69) is 0 Å². The number of carbonyl (C=O) groups is 2. The zero-order chi connectivity index (χ0) is 17.1. The molecule has 2 saturated heterocycles. The lowest BCUT2D eigenvalue weighted by Gasteiger charge is -2.33. The highest BCUT2D eigenvalue weighted by Gasteiger charge is 2.32. The second kappa shape index (κ2) is 7.20. The Morgan fingerprint density at radius 2 is 1.75 bits per heavy atom. The summed E-state index contributed by atoms with van der Waals surface area (Å²) >= 11 is 0. The molecule has 0 spiro atoms. The Hall–Kier alpha value is -2.11. The quantitative estimate of drug-likeness (QED) is 0.852. The number of benzene rings is 1. The summed E-state index contributed by atoms with van der Waals surface area (Å²) in [6, 6.07) is 3.95. The third kappa shape index (κ3) is 3.37. The van der Waals surface area contributed by atoms with Crippen LogP contribution in [0.15, 0.2) is 18.2 Å². The first-order valence-electron chi connectivity index (χ1n) is 8.51. The molecule has 2 aliphatic heterocycles. The summed E-state index contributed by atoms with van der Waals surface area (Å²) in [5, 5.41) is 0. The van der Waals surface area contributed by atoms with Crippen molar-refractivity contribution in [3.63, 3.8) is 0 Å². The number of piperidine rings is 1. The SMILES string of the molecule is COc1ccc(F)cc1C(=O)N1CCC(C(=O)N2CCCC2)CC1. The molecule has 5 nitrogen and oxygen atoms in total. The average molecular weight is 334 g/mol. The molecule has 2 heterocycles. The van der Waals surface area contributed by atoms with Crippen molar-refractivity contribution < 1.29 is 18.7 Å². The third-order valence-corrected chi connectivity index (χ3v) is 4.94. The first-order chi connectivity index (χ1) is 11.6. The van der Waals surface area contributed by atoms with Crippen LogP contribution in [-0.2, 0) is 4.79 Å². The average Bonchev–Trinajstić information content (AvgIpc) is 3.15. The van der Waals surface area contributed by atoms with Crippen LogP contribution in [0, 0.1) is 11.7 Å². The fraction of sp³-hybridized carbons (Fsp3) is 0.556. The maximum absolute atomic E-state index is 13.5. The van der Waals surface area contributed by atoms with Crippen LogP contribution in [0.1, 0.15) is 36.0 Å². The van der Waals surface area contributed by atoms with E-state index in [1.807, 2.05) is 4.90 Å². The number of ether oxygens (including phenoxy) is 1. The first kappa shape index (κ1) is 16.7. The van der Waals surface area contributed by atoms with Crippen molar-refractivity contribution in [1.82, 2.24) is 9.80 Å². The van der Waals surface area contributed by atoms with E-state index in [9.17, 15) is 14.0 Å². The summed E-state index contributed by atoms with van der Waals surface area (Å²) < 4.78 is 18.6. The zero-order valence-corrected chi connectivity index (χ0v) is 14.0. The number of carbonyl (C=O) groups excluding carboxylic acids is 2. The standard InChI is InChI=1S/C18H23FN2O3/c1-24-16-5-4-14(19)12-15(16)18(23)21-10-6-13(7-11-21)17(22)20-8-2-3-9-20/h4-5,12-13H,2-3,6-11H2,1H3. The van der Waals surface area contributed by atoms with Gasteiger partial charge >= 0.3 is 0 Å². The Morgan fingerprint density at radius 3 is 2.38 bits per heavy atom. The predicted octanol–water partition coefficient (Wildman–Crippen LogP) is 2.31. The zero-order valence-electron chi connectivity index (χ0n) is 14.0. The summed E-state index contributed by atoms with van der Waals surface area (Å²) in [5.74, 6) is -0.0992. The minimum absolute atomic E-state index is 0.00144. The topological polar surface area (TPSA) is 49.9 Å². The fourth-order valence-corrected chi connectivity index (χ4v) is 3.54. The normalized spacial score (nSPS) is 18.8. The van der Waals surface area contributed by atoms with Gasteiger partial charge in [-0.3, -0.25) is 9.59 Å². The van der Waals surface area contributed by atoms with Crippen LogP contribution in [0.25, 0.3) is 0 Å². The number of amides is 2. The second-order valence-electron chi connectivity index (χ2n) is 6.44. The van der Waals surface area contributed by atoms with E-state index in [1.165, 1.54) is 25.3 Å². The lowest BCUT2D eigenvalue weighted by atomic mass is 9.94. The molecule has 0 unspecified atom stereocenters. The summed E-state index contributed by atoms with van der Waals surface area (Å²) in [6.45, 7) is 2.75. The Bertz CT molecular complexity index is 621.